The van der Waals surface area contributed by atoms with E-state index in [1.54, 1.807) is 19.2 Å². The Labute approximate surface area is 152 Å². The van der Waals surface area contributed by atoms with Crippen molar-refractivity contribution in [3.8, 4) is 11.5 Å². The second-order valence-corrected chi connectivity index (χ2v) is 6.60. The molecule has 0 saturated carbocycles. The summed E-state index contributed by atoms with van der Waals surface area (Å²) in [5.41, 5.74) is 10.3. The monoisotopic (exact) mass is 350 g/mol. The van der Waals surface area contributed by atoms with Gasteiger partial charge in [-0.2, -0.15) is 5.10 Å². The lowest BCUT2D eigenvalue weighted by Gasteiger charge is -2.29. The van der Waals surface area contributed by atoms with Crippen LogP contribution < -0.4 is 15.2 Å². The molecule has 0 spiro atoms. The van der Waals surface area contributed by atoms with Crippen molar-refractivity contribution < 1.29 is 9.47 Å². The van der Waals surface area contributed by atoms with Crippen LogP contribution in [0.2, 0.25) is 0 Å². The van der Waals surface area contributed by atoms with Crippen molar-refractivity contribution >= 4 is 11.7 Å². The van der Waals surface area contributed by atoms with Crippen molar-refractivity contribution in [3.63, 3.8) is 0 Å². The number of nitrogens with two attached hydrogens (primary N) is 1. The zero-order chi connectivity index (χ0) is 18.3. The maximum absolute atomic E-state index is 8.01. The minimum Gasteiger partial charge on any atom is -0.497 e. The Morgan fingerprint density at radius 2 is 1.81 bits per heavy atom. The Morgan fingerprint density at radius 3 is 2.46 bits per heavy atom. The number of hydrogen-bond donors (Lipinski definition) is 2. The maximum atomic E-state index is 8.01. The van der Waals surface area contributed by atoms with Crippen LogP contribution in [0.25, 0.3) is 0 Å². The average molecular weight is 350 g/mol. The molecule has 0 amide bonds. The van der Waals surface area contributed by atoms with E-state index < -0.39 is 0 Å². The third kappa shape index (κ3) is 2.58. The summed E-state index contributed by atoms with van der Waals surface area (Å²) in [7, 11) is 3.32. The minimum absolute atomic E-state index is 0.0443. The molecule has 4 rings (SSSR count). The molecule has 2 aromatic rings. The Kier molecular flexibility index (Phi) is 4.03. The van der Waals surface area contributed by atoms with E-state index in [0.717, 1.165) is 41.2 Å². The van der Waals surface area contributed by atoms with Gasteiger partial charge in [-0.05, 0) is 48.2 Å². The van der Waals surface area contributed by atoms with Crippen molar-refractivity contribution in [2.24, 2.45) is 16.8 Å². The van der Waals surface area contributed by atoms with Gasteiger partial charge in [0, 0.05) is 11.5 Å². The quantitative estimate of drug-likeness (QED) is 0.658. The van der Waals surface area contributed by atoms with E-state index in [1.807, 2.05) is 36.4 Å². The molecule has 6 nitrogen and oxygen atoms in total. The number of fused-ring (bicyclic) bond motifs is 3. The normalized spacial score (nSPS) is 20.8. The Bertz CT molecular complexity index is 876. The summed E-state index contributed by atoms with van der Waals surface area (Å²) >= 11 is 0. The summed E-state index contributed by atoms with van der Waals surface area (Å²) in [6, 6.07) is 14.0. The number of nitrogens with one attached hydrogen (secondary N) is 1. The molecule has 6 heteroatoms. The first-order valence-corrected chi connectivity index (χ1v) is 8.65. The first-order chi connectivity index (χ1) is 12.6. The number of ether oxygens (including phenoxy) is 2. The predicted molar refractivity (Wildman–Crippen MR) is 101 cm³/mol. The molecule has 1 aliphatic heterocycles. The molecule has 2 atom stereocenters. The van der Waals surface area contributed by atoms with Crippen molar-refractivity contribution in [3.05, 3.63) is 59.2 Å². The molecule has 1 heterocycles. The van der Waals surface area contributed by atoms with Crippen LogP contribution in [0, 0.1) is 11.3 Å². The van der Waals surface area contributed by atoms with Crippen LogP contribution in [0.3, 0.4) is 0 Å². The molecule has 0 radical (unpaired) electrons. The van der Waals surface area contributed by atoms with E-state index in [2.05, 4.69) is 6.07 Å². The number of nitrogens with zero attached hydrogens (tertiary/aromatic N) is 2. The van der Waals surface area contributed by atoms with Crippen LogP contribution in [0.4, 0.5) is 0 Å². The van der Waals surface area contributed by atoms with Gasteiger partial charge in [-0.1, -0.05) is 18.2 Å². The van der Waals surface area contributed by atoms with E-state index in [0.29, 0.717) is 0 Å². The van der Waals surface area contributed by atoms with Gasteiger partial charge in [0.2, 0.25) is 5.96 Å². The lowest BCUT2D eigenvalue weighted by Crippen LogP contribution is -2.35. The molecule has 3 N–H and O–H groups in total. The van der Waals surface area contributed by atoms with E-state index in [1.165, 1.54) is 5.56 Å². The highest BCUT2D eigenvalue weighted by molar-refractivity contribution is 6.07. The molecule has 0 fully saturated rings. The standard InChI is InChI=1S/C20H22N4O2/c1-25-14-7-4-13(5-8-14)19-16-10-6-12-3-9-15(26-2)11-17(12)18(16)23-24(19)20(21)22/h3-5,7-9,11,16,19H,6,10H2,1-2H3,(H3,21,22)/t16-,19-/m1/s1. The molecular weight excluding hydrogens is 328 g/mol. The molecule has 2 aromatic carbocycles. The summed E-state index contributed by atoms with van der Waals surface area (Å²) in [6.45, 7) is 0. The Hall–Kier alpha value is -3.02. The largest absolute Gasteiger partial charge is 0.497 e. The number of guanidine groups is 1. The predicted octanol–water partition coefficient (Wildman–Crippen LogP) is 2.92. The zero-order valence-corrected chi connectivity index (χ0v) is 14.9. The van der Waals surface area contributed by atoms with Crippen molar-refractivity contribution in [1.29, 1.82) is 5.41 Å². The zero-order valence-electron chi connectivity index (χ0n) is 14.9. The van der Waals surface area contributed by atoms with Gasteiger partial charge in [0.15, 0.2) is 0 Å². The summed E-state index contributed by atoms with van der Waals surface area (Å²) in [5, 5.41) is 14.4. The van der Waals surface area contributed by atoms with Gasteiger partial charge in [0.1, 0.15) is 11.5 Å². The first-order valence-electron chi connectivity index (χ1n) is 8.65. The molecular formula is C20H22N4O2. The third-order valence-electron chi connectivity index (χ3n) is 5.23. The fraction of sp³-hybridized carbons (Fsp3) is 0.300. The molecule has 2 aliphatic rings. The fourth-order valence-electron chi connectivity index (χ4n) is 3.95. The van der Waals surface area contributed by atoms with Gasteiger partial charge in [-0.3, -0.25) is 5.41 Å². The summed E-state index contributed by atoms with van der Waals surface area (Å²) in [5.74, 6) is 1.76. The molecule has 0 unspecified atom stereocenters. The van der Waals surface area contributed by atoms with Gasteiger partial charge in [-0.15, -0.1) is 0 Å². The highest BCUT2D eigenvalue weighted by atomic mass is 16.5. The summed E-state index contributed by atoms with van der Waals surface area (Å²) < 4.78 is 10.7. The van der Waals surface area contributed by atoms with E-state index in [9.17, 15) is 0 Å². The van der Waals surface area contributed by atoms with Crippen molar-refractivity contribution in [2.45, 2.75) is 18.9 Å². The Morgan fingerprint density at radius 1 is 1.12 bits per heavy atom. The summed E-state index contributed by atoms with van der Waals surface area (Å²) in [4.78, 5) is 0. The highest BCUT2D eigenvalue weighted by Gasteiger charge is 2.42. The number of methoxy groups -OCH3 is 2. The minimum atomic E-state index is -0.0762. The number of aryl methyl sites for hydroxylation is 1. The van der Waals surface area contributed by atoms with Crippen LogP contribution in [0.15, 0.2) is 47.6 Å². The average Bonchev–Trinajstić information content (AvgIpc) is 3.08. The first kappa shape index (κ1) is 16.4. The topological polar surface area (TPSA) is 83.9 Å². The van der Waals surface area contributed by atoms with E-state index >= 15 is 0 Å². The SMILES string of the molecule is COc1ccc([C@@H]2[C@@H]3CCc4ccc(OC)cc4C3=NN2C(=N)N)cc1. The molecule has 0 bridgehead atoms. The smallest absolute Gasteiger partial charge is 0.209 e. The van der Waals surface area contributed by atoms with Crippen LogP contribution in [-0.2, 0) is 6.42 Å². The van der Waals surface area contributed by atoms with Crippen LogP contribution in [-0.4, -0.2) is 30.9 Å². The van der Waals surface area contributed by atoms with Crippen LogP contribution >= 0.6 is 0 Å². The highest BCUT2D eigenvalue weighted by Crippen LogP contribution is 2.43. The maximum Gasteiger partial charge on any atom is 0.209 e. The van der Waals surface area contributed by atoms with Gasteiger partial charge in [-0.25, -0.2) is 5.01 Å². The second kappa shape index (κ2) is 6.37. The summed E-state index contributed by atoms with van der Waals surface area (Å²) in [6.07, 6.45) is 1.94. The molecule has 26 heavy (non-hydrogen) atoms. The molecule has 134 valence electrons. The van der Waals surface area contributed by atoms with Gasteiger partial charge in [0.25, 0.3) is 0 Å². The van der Waals surface area contributed by atoms with Gasteiger partial charge >= 0.3 is 0 Å². The molecule has 0 saturated heterocycles. The fourth-order valence-corrected chi connectivity index (χ4v) is 3.95. The molecule has 1 aliphatic carbocycles. The van der Waals surface area contributed by atoms with Crippen LogP contribution in [0.5, 0.6) is 11.5 Å². The van der Waals surface area contributed by atoms with Crippen LogP contribution in [0.1, 0.15) is 29.2 Å². The lowest BCUT2D eigenvalue weighted by molar-refractivity contribution is 0.302. The van der Waals surface area contributed by atoms with E-state index in [4.69, 9.17) is 25.7 Å². The lowest BCUT2D eigenvalue weighted by atomic mass is 9.77. The second-order valence-electron chi connectivity index (χ2n) is 6.60. The molecule has 0 aromatic heterocycles. The number of hydrogen-bond acceptors (Lipinski definition) is 4. The van der Waals surface area contributed by atoms with Crippen molar-refractivity contribution in [2.75, 3.05) is 14.2 Å². The number of benzene rings is 2. The van der Waals surface area contributed by atoms with Gasteiger partial charge < -0.3 is 15.2 Å². The number of rotatable bonds is 3. The Balaban J connectivity index is 1.77. The van der Waals surface area contributed by atoms with Crippen molar-refractivity contribution in [1.82, 2.24) is 5.01 Å². The van der Waals surface area contributed by atoms with E-state index in [-0.39, 0.29) is 17.9 Å². The third-order valence-corrected chi connectivity index (χ3v) is 5.23. The number of hydrazone groups is 1. The van der Waals surface area contributed by atoms with Gasteiger partial charge in [0.05, 0.1) is 26.0 Å².